The molecule has 0 amide bonds. The number of aromatic hydroxyl groups is 5. The number of hydrogen-bond acceptors (Lipinski definition) is 9. The first-order valence-electron chi connectivity index (χ1n) is 12.9. The van der Waals surface area contributed by atoms with E-state index in [0.717, 1.165) is 0 Å². The van der Waals surface area contributed by atoms with Crippen molar-refractivity contribution in [2.45, 2.75) is 27.2 Å². The second-order valence-electron chi connectivity index (χ2n) is 10.0. The lowest BCUT2D eigenvalue weighted by atomic mass is 9.94. The van der Waals surface area contributed by atoms with E-state index in [2.05, 4.69) is 0 Å². The van der Waals surface area contributed by atoms with Crippen molar-refractivity contribution in [3.05, 3.63) is 78.4 Å². The maximum absolute atomic E-state index is 13.1. The van der Waals surface area contributed by atoms with Gasteiger partial charge in [-0.2, -0.15) is 0 Å². The molecule has 5 N–H and O–H groups in total. The Morgan fingerprint density at radius 1 is 0.610 bits per heavy atom. The van der Waals surface area contributed by atoms with Crippen molar-refractivity contribution in [3.63, 3.8) is 0 Å². The Labute approximate surface area is 236 Å². The van der Waals surface area contributed by atoms with Gasteiger partial charge in [0.05, 0.1) is 16.7 Å². The summed E-state index contributed by atoms with van der Waals surface area (Å²) in [6.07, 6.45) is 0.0268. The minimum absolute atomic E-state index is 0.0268. The standard InChI is InChI=1S/C32H30O9/c1-17(2)18(3)16-25(36)40-30-26(19-4-10-22(33)11-5-19)29(38)31(41-32(39)21-8-14-24(35)15-9-21)27(28(30)37)20-6-12-23(34)13-7-20/h4-15,17-18,33-35,37-38H,16H2,1-3H3/t18-/m0/s1. The molecule has 0 fully saturated rings. The summed E-state index contributed by atoms with van der Waals surface area (Å²) < 4.78 is 11.3. The van der Waals surface area contributed by atoms with E-state index >= 15 is 0 Å². The maximum Gasteiger partial charge on any atom is 0.343 e. The van der Waals surface area contributed by atoms with E-state index < -0.39 is 29.2 Å². The Hall–Kier alpha value is -5.18. The third-order valence-electron chi connectivity index (χ3n) is 6.81. The molecule has 0 aliphatic heterocycles. The molecule has 0 spiro atoms. The molecular weight excluding hydrogens is 528 g/mol. The molecule has 0 aromatic heterocycles. The lowest BCUT2D eigenvalue weighted by molar-refractivity contribution is -0.135. The molecule has 0 saturated carbocycles. The average Bonchev–Trinajstić information content (AvgIpc) is 2.93. The highest BCUT2D eigenvalue weighted by atomic mass is 16.6. The second-order valence-corrected chi connectivity index (χ2v) is 10.0. The van der Waals surface area contributed by atoms with Gasteiger partial charge < -0.3 is 35.0 Å². The van der Waals surface area contributed by atoms with Gasteiger partial charge >= 0.3 is 11.9 Å². The lowest BCUT2D eigenvalue weighted by Gasteiger charge is -2.22. The van der Waals surface area contributed by atoms with Crippen LogP contribution < -0.4 is 9.47 Å². The smallest absolute Gasteiger partial charge is 0.343 e. The van der Waals surface area contributed by atoms with Crippen molar-refractivity contribution in [1.82, 2.24) is 0 Å². The molecule has 0 unspecified atom stereocenters. The molecule has 9 heteroatoms. The minimum atomic E-state index is -0.910. The van der Waals surface area contributed by atoms with E-state index in [9.17, 15) is 35.1 Å². The van der Waals surface area contributed by atoms with E-state index in [1.54, 1.807) is 0 Å². The SMILES string of the molecule is CC(C)[C@@H](C)CC(=O)Oc1c(O)c(-c2ccc(O)cc2)c(OC(=O)c2ccc(O)cc2)c(O)c1-c1ccc(O)cc1. The van der Waals surface area contributed by atoms with Crippen molar-refractivity contribution in [3.8, 4) is 62.5 Å². The number of carbonyl (C=O) groups is 2. The van der Waals surface area contributed by atoms with Crippen molar-refractivity contribution in [2.24, 2.45) is 11.8 Å². The molecule has 0 bridgehead atoms. The number of rotatable bonds is 8. The Morgan fingerprint density at radius 2 is 1.00 bits per heavy atom. The van der Waals surface area contributed by atoms with E-state index in [-0.39, 0.29) is 69.1 Å². The van der Waals surface area contributed by atoms with E-state index in [1.807, 2.05) is 20.8 Å². The zero-order chi connectivity index (χ0) is 29.8. The normalized spacial score (nSPS) is 11.7. The fourth-order valence-electron chi connectivity index (χ4n) is 4.07. The summed E-state index contributed by atoms with van der Waals surface area (Å²) in [5.74, 6) is -3.69. The van der Waals surface area contributed by atoms with Crippen LogP contribution in [0.1, 0.15) is 37.6 Å². The second kappa shape index (κ2) is 11.9. The lowest BCUT2D eigenvalue weighted by Crippen LogP contribution is -2.16. The van der Waals surface area contributed by atoms with Crippen LogP contribution >= 0.6 is 0 Å². The van der Waals surface area contributed by atoms with Crippen LogP contribution in [0.5, 0.6) is 40.2 Å². The molecule has 41 heavy (non-hydrogen) atoms. The third-order valence-corrected chi connectivity index (χ3v) is 6.81. The molecule has 0 radical (unpaired) electrons. The summed E-state index contributed by atoms with van der Waals surface area (Å²) in [4.78, 5) is 26.1. The number of carbonyl (C=O) groups excluding carboxylic acids is 2. The van der Waals surface area contributed by atoms with Crippen molar-refractivity contribution >= 4 is 11.9 Å². The highest BCUT2D eigenvalue weighted by molar-refractivity contribution is 5.98. The Bertz CT molecular complexity index is 1560. The van der Waals surface area contributed by atoms with Gasteiger partial charge in [0.15, 0.2) is 23.0 Å². The summed E-state index contributed by atoms with van der Waals surface area (Å²) in [6.45, 7) is 5.81. The molecule has 4 aromatic carbocycles. The molecular formula is C32H30O9. The summed E-state index contributed by atoms with van der Waals surface area (Å²) in [6, 6.07) is 16.3. The maximum atomic E-state index is 13.1. The Balaban J connectivity index is 1.96. The molecule has 9 nitrogen and oxygen atoms in total. The first-order valence-corrected chi connectivity index (χ1v) is 12.9. The van der Waals surface area contributed by atoms with Crippen LogP contribution in [0.25, 0.3) is 22.3 Å². The molecule has 0 saturated heterocycles. The monoisotopic (exact) mass is 558 g/mol. The summed E-state index contributed by atoms with van der Waals surface area (Å²) >= 11 is 0. The van der Waals surface area contributed by atoms with Crippen LogP contribution in [-0.4, -0.2) is 37.5 Å². The Morgan fingerprint density at radius 3 is 1.41 bits per heavy atom. The van der Waals surface area contributed by atoms with Gasteiger partial charge in [-0.05, 0) is 71.5 Å². The van der Waals surface area contributed by atoms with E-state index in [4.69, 9.17) is 9.47 Å². The quantitative estimate of drug-likeness (QED) is 0.0944. The molecule has 212 valence electrons. The number of phenols is 5. The van der Waals surface area contributed by atoms with Gasteiger partial charge in [-0.1, -0.05) is 45.0 Å². The van der Waals surface area contributed by atoms with Crippen LogP contribution in [0, 0.1) is 11.8 Å². The predicted molar refractivity (Wildman–Crippen MR) is 151 cm³/mol. The summed E-state index contributed by atoms with van der Waals surface area (Å²) in [7, 11) is 0. The molecule has 4 rings (SSSR count). The number of hydrogen-bond donors (Lipinski definition) is 5. The van der Waals surface area contributed by atoms with Gasteiger partial charge in [0.2, 0.25) is 0 Å². The molecule has 1 atom stereocenters. The average molecular weight is 559 g/mol. The molecule has 0 aliphatic rings. The van der Waals surface area contributed by atoms with Crippen LogP contribution in [0.15, 0.2) is 72.8 Å². The highest BCUT2D eigenvalue weighted by Gasteiger charge is 2.31. The van der Waals surface area contributed by atoms with Gasteiger partial charge in [-0.3, -0.25) is 4.79 Å². The van der Waals surface area contributed by atoms with E-state index in [1.165, 1.54) is 72.8 Å². The van der Waals surface area contributed by atoms with Crippen LogP contribution in [0.2, 0.25) is 0 Å². The third kappa shape index (κ3) is 6.36. The minimum Gasteiger partial charge on any atom is -0.508 e. The topological polar surface area (TPSA) is 154 Å². The molecule has 0 aliphatic carbocycles. The number of ether oxygens (including phenoxy) is 2. The summed E-state index contributed by atoms with van der Waals surface area (Å²) in [5, 5.41) is 52.4. The predicted octanol–water partition coefficient (Wildman–Crippen LogP) is 6.36. The fourth-order valence-corrected chi connectivity index (χ4v) is 4.07. The van der Waals surface area contributed by atoms with Gasteiger partial charge in [-0.25, -0.2) is 4.79 Å². The van der Waals surface area contributed by atoms with Crippen LogP contribution in [0.4, 0.5) is 0 Å². The first kappa shape index (κ1) is 28.8. The Kier molecular flexibility index (Phi) is 8.37. The molecule has 0 heterocycles. The number of phenolic OH excluding ortho intramolecular Hbond substituents is 5. The van der Waals surface area contributed by atoms with Crippen LogP contribution in [0.3, 0.4) is 0 Å². The highest BCUT2D eigenvalue weighted by Crippen LogP contribution is 2.56. The van der Waals surface area contributed by atoms with Crippen molar-refractivity contribution < 1.29 is 44.6 Å². The zero-order valence-electron chi connectivity index (χ0n) is 22.7. The number of esters is 2. The van der Waals surface area contributed by atoms with Crippen LogP contribution in [-0.2, 0) is 4.79 Å². The van der Waals surface area contributed by atoms with Gasteiger partial charge in [0.25, 0.3) is 0 Å². The van der Waals surface area contributed by atoms with Gasteiger partial charge in [0.1, 0.15) is 17.2 Å². The molecule has 4 aromatic rings. The summed E-state index contributed by atoms with van der Waals surface area (Å²) in [5.41, 5.74) is 0.201. The van der Waals surface area contributed by atoms with Crippen molar-refractivity contribution in [1.29, 1.82) is 0 Å². The largest absolute Gasteiger partial charge is 0.508 e. The van der Waals surface area contributed by atoms with Gasteiger partial charge in [0, 0.05) is 6.42 Å². The first-order chi connectivity index (χ1) is 19.5. The zero-order valence-corrected chi connectivity index (χ0v) is 22.7. The van der Waals surface area contributed by atoms with Gasteiger partial charge in [-0.15, -0.1) is 0 Å². The number of benzene rings is 4. The van der Waals surface area contributed by atoms with Crippen molar-refractivity contribution in [2.75, 3.05) is 0 Å². The fraction of sp³-hybridized carbons (Fsp3) is 0.188. The van der Waals surface area contributed by atoms with E-state index in [0.29, 0.717) is 0 Å².